The molecule has 0 aliphatic carbocycles. The molecule has 2 aliphatic heterocycles. The number of amides is 3. The summed E-state index contributed by atoms with van der Waals surface area (Å²) in [4.78, 5) is 53.1. The maximum Gasteiger partial charge on any atom is 0.404 e. The van der Waals surface area contributed by atoms with E-state index in [1.54, 1.807) is 0 Å². The van der Waals surface area contributed by atoms with Crippen LogP contribution in [-0.2, 0) is 35.1 Å². The van der Waals surface area contributed by atoms with Crippen molar-refractivity contribution in [3.63, 3.8) is 0 Å². The van der Waals surface area contributed by atoms with Gasteiger partial charge in [-0.3, -0.25) is 14.5 Å². The molecule has 3 heterocycles. The summed E-state index contributed by atoms with van der Waals surface area (Å²) < 4.78 is 22.3. The van der Waals surface area contributed by atoms with Crippen molar-refractivity contribution in [1.82, 2.24) is 10.2 Å². The average molecular weight is 440 g/mol. The third kappa shape index (κ3) is 3.81. The van der Waals surface area contributed by atoms with E-state index in [0.717, 1.165) is 4.90 Å². The van der Waals surface area contributed by atoms with Crippen molar-refractivity contribution >= 4 is 40.8 Å². The van der Waals surface area contributed by atoms with Crippen LogP contribution in [0.5, 0.6) is 0 Å². The highest BCUT2D eigenvalue weighted by atomic mass is 32.2. The van der Waals surface area contributed by atoms with Crippen molar-refractivity contribution < 1.29 is 42.8 Å². The number of hydrogen-bond acceptors (Lipinski definition) is 9. The Morgan fingerprint density at radius 3 is 2.80 bits per heavy atom. The lowest BCUT2D eigenvalue weighted by atomic mass is 10.0. The first-order valence-electron chi connectivity index (χ1n) is 8.30. The number of carboxylic acid groups (broad SMARTS) is 1. The number of hydrogen-bond donors (Lipinski definition) is 3. The van der Waals surface area contributed by atoms with Crippen molar-refractivity contribution in [3.8, 4) is 0 Å². The SMILES string of the molecule is CO/N=C(\C(=O)N[C@@H]1C(=O)N2C(C(=O)O)=C(COC(N)=O)C[S@+]([O-])[C@H]12)c1ccco1. The van der Waals surface area contributed by atoms with Crippen LogP contribution < -0.4 is 11.1 Å². The number of carbonyl (C=O) groups excluding carboxylic acids is 3. The number of oxime groups is 1. The van der Waals surface area contributed by atoms with Crippen LogP contribution in [0.3, 0.4) is 0 Å². The Balaban J connectivity index is 1.82. The van der Waals surface area contributed by atoms with Gasteiger partial charge >= 0.3 is 12.1 Å². The van der Waals surface area contributed by atoms with Crippen LogP contribution in [-0.4, -0.2) is 75.0 Å². The summed E-state index contributed by atoms with van der Waals surface area (Å²) in [6.45, 7) is -0.528. The first kappa shape index (κ1) is 21.2. The molecule has 0 spiro atoms. The molecule has 0 saturated carbocycles. The molecule has 1 aromatic heterocycles. The number of ether oxygens (including phenoxy) is 1. The number of aliphatic carboxylic acids is 1. The van der Waals surface area contributed by atoms with Gasteiger partial charge in [0.2, 0.25) is 11.1 Å². The number of β-lactam (4-membered cyclic amide) rings is 1. The summed E-state index contributed by atoms with van der Waals surface area (Å²) in [7, 11) is 1.21. The molecule has 4 N–H and O–H groups in total. The van der Waals surface area contributed by atoms with E-state index >= 15 is 0 Å². The van der Waals surface area contributed by atoms with E-state index in [0.29, 0.717) is 0 Å². The van der Waals surface area contributed by atoms with Crippen molar-refractivity contribution in [2.45, 2.75) is 11.4 Å². The van der Waals surface area contributed by atoms with Gasteiger partial charge in [-0.2, -0.15) is 0 Å². The lowest BCUT2D eigenvalue weighted by Crippen LogP contribution is -2.75. The summed E-state index contributed by atoms with van der Waals surface area (Å²) >= 11 is -1.79. The molecule has 0 radical (unpaired) electrons. The van der Waals surface area contributed by atoms with Gasteiger partial charge in [-0.25, -0.2) is 9.59 Å². The Kier molecular flexibility index (Phi) is 5.98. The number of nitrogens with one attached hydrogen (secondary N) is 1. The zero-order valence-corrected chi connectivity index (χ0v) is 16.2. The van der Waals surface area contributed by atoms with Crippen molar-refractivity contribution in [2.24, 2.45) is 10.9 Å². The topological polar surface area (TPSA) is 197 Å². The summed E-state index contributed by atoms with van der Waals surface area (Å²) in [6.07, 6.45) is 0.155. The zero-order chi connectivity index (χ0) is 22.0. The Bertz CT molecular complexity index is 943. The second-order valence-electron chi connectivity index (χ2n) is 6.04. The Hall–Kier alpha value is -3.52. The lowest BCUT2D eigenvalue weighted by molar-refractivity contribution is -0.150. The van der Waals surface area contributed by atoms with Gasteiger partial charge in [0.25, 0.3) is 11.8 Å². The molecule has 2 aliphatic rings. The van der Waals surface area contributed by atoms with Gasteiger partial charge in [0.15, 0.2) is 11.8 Å². The van der Waals surface area contributed by atoms with E-state index in [-0.39, 0.29) is 22.8 Å². The Morgan fingerprint density at radius 2 is 2.23 bits per heavy atom. The van der Waals surface area contributed by atoms with Crippen LogP contribution in [0.15, 0.2) is 39.2 Å². The Labute approximate surface area is 171 Å². The van der Waals surface area contributed by atoms with Gasteiger partial charge in [-0.1, -0.05) is 5.16 Å². The second-order valence-corrected chi connectivity index (χ2v) is 7.57. The van der Waals surface area contributed by atoms with E-state index in [1.165, 1.54) is 25.5 Å². The number of rotatable bonds is 7. The predicted molar refractivity (Wildman–Crippen MR) is 98.0 cm³/mol. The third-order valence-electron chi connectivity index (χ3n) is 4.23. The van der Waals surface area contributed by atoms with Crippen LogP contribution in [0.1, 0.15) is 5.76 Å². The minimum Gasteiger partial charge on any atom is -0.614 e. The fourth-order valence-electron chi connectivity index (χ4n) is 3.03. The minimum atomic E-state index is -1.79. The molecule has 3 rings (SSSR count). The predicted octanol–water partition coefficient (Wildman–Crippen LogP) is -1.52. The van der Waals surface area contributed by atoms with E-state index in [9.17, 15) is 28.8 Å². The monoisotopic (exact) mass is 440 g/mol. The van der Waals surface area contributed by atoms with Gasteiger partial charge in [0.1, 0.15) is 25.2 Å². The number of nitrogens with zero attached hydrogens (tertiary/aromatic N) is 2. The average Bonchev–Trinajstić information content (AvgIpc) is 3.22. The van der Waals surface area contributed by atoms with Crippen LogP contribution in [0.2, 0.25) is 0 Å². The third-order valence-corrected chi connectivity index (χ3v) is 5.89. The lowest BCUT2D eigenvalue weighted by Gasteiger charge is -2.48. The molecule has 160 valence electrons. The van der Waals surface area contributed by atoms with Crippen LogP contribution >= 0.6 is 0 Å². The maximum atomic E-state index is 12.6. The molecule has 1 saturated heterocycles. The Morgan fingerprint density at radius 1 is 1.50 bits per heavy atom. The van der Waals surface area contributed by atoms with E-state index < -0.39 is 58.8 Å². The zero-order valence-electron chi connectivity index (χ0n) is 15.4. The molecule has 0 unspecified atom stereocenters. The summed E-state index contributed by atoms with van der Waals surface area (Å²) in [5.41, 5.74) is 4.11. The fourth-order valence-corrected chi connectivity index (χ4v) is 4.70. The van der Waals surface area contributed by atoms with Crippen molar-refractivity contribution in [3.05, 3.63) is 35.4 Å². The second kappa shape index (κ2) is 8.46. The molecule has 13 nitrogen and oxygen atoms in total. The molecule has 0 aromatic carbocycles. The van der Waals surface area contributed by atoms with Crippen LogP contribution in [0, 0.1) is 0 Å². The number of primary amides is 1. The smallest absolute Gasteiger partial charge is 0.404 e. The van der Waals surface area contributed by atoms with E-state index in [4.69, 9.17) is 10.2 Å². The quantitative estimate of drug-likeness (QED) is 0.195. The van der Waals surface area contributed by atoms with Gasteiger partial charge in [0, 0.05) is 5.57 Å². The summed E-state index contributed by atoms with van der Waals surface area (Å²) in [5, 5.41) is 14.3. The van der Waals surface area contributed by atoms with E-state index in [2.05, 4.69) is 20.0 Å². The molecule has 0 bridgehead atoms. The highest BCUT2D eigenvalue weighted by Crippen LogP contribution is 2.36. The van der Waals surface area contributed by atoms with Crippen LogP contribution in [0.25, 0.3) is 0 Å². The standard InChI is InChI=1S/C16H16N4O9S/c1-27-19-9(8-3-2-4-28-8)12(21)18-10-13(22)20-11(15(23)24)7(5-29-16(17)25)6-30(26)14(10)20/h2-4,10,14H,5-6H2,1H3,(H2,17,25)(H,18,21)(H,23,24)/b19-9-/t10-,14-,30+/m1/s1. The molecule has 1 aromatic rings. The van der Waals surface area contributed by atoms with Crippen molar-refractivity contribution in [2.75, 3.05) is 19.5 Å². The van der Waals surface area contributed by atoms with E-state index in [1.807, 2.05) is 0 Å². The fraction of sp³-hybridized carbons (Fsp3) is 0.312. The van der Waals surface area contributed by atoms with Gasteiger partial charge in [-0.15, -0.1) is 0 Å². The largest absolute Gasteiger partial charge is 0.614 e. The summed E-state index contributed by atoms with van der Waals surface area (Å²) in [6, 6.07) is 1.70. The number of fused-ring (bicyclic) bond motifs is 1. The molecule has 3 amide bonds. The number of carboxylic acids is 1. The number of furan rings is 1. The molecule has 14 heteroatoms. The van der Waals surface area contributed by atoms with Crippen molar-refractivity contribution in [1.29, 1.82) is 0 Å². The highest BCUT2D eigenvalue weighted by molar-refractivity contribution is 7.92. The van der Waals surface area contributed by atoms with Crippen LogP contribution in [0.4, 0.5) is 4.79 Å². The summed E-state index contributed by atoms with van der Waals surface area (Å²) in [5.74, 6) is -3.33. The molecule has 3 atom stereocenters. The molecule has 30 heavy (non-hydrogen) atoms. The molecular weight excluding hydrogens is 424 g/mol. The number of carbonyl (C=O) groups is 4. The first-order valence-corrected chi connectivity index (χ1v) is 9.68. The van der Waals surface area contributed by atoms with Gasteiger partial charge < -0.3 is 34.7 Å². The van der Waals surface area contributed by atoms with Gasteiger partial charge in [0.05, 0.1) is 6.26 Å². The number of nitrogens with two attached hydrogens (primary N) is 1. The maximum absolute atomic E-state index is 12.6. The molecule has 1 fully saturated rings. The first-order chi connectivity index (χ1) is 14.3. The highest BCUT2D eigenvalue weighted by Gasteiger charge is 2.61. The molecular formula is C16H16N4O9S. The van der Waals surface area contributed by atoms with Gasteiger partial charge in [-0.05, 0) is 23.3 Å². The normalized spacial score (nSPS) is 23.4. The minimum absolute atomic E-state index is 0.0359.